The second kappa shape index (κ2) is 7.26. The van der Waals surface area contributed by atoms with Crippen molar-refractivity contribution in [1.82, 2.24) is 20.2 Å². The van der Waals surface area contributed by atoms with Crippen molar-refractivity contribution < 1.29 is 9.18 Å². The minimum Gasteiger partial charge on any atom is -0.337 e. The molecule has 0 spiro atoms. The standard InChI is InChI=1S/C17H23FN4O/c1-13(10-22-9-8-19-12-22)21-16(23)20-11-17(2,3)14-6-4-5-7-15(14)18/h4-9,12-13H,10-11H2,1-3H3,(H2,20,21,23). The molecule has 2 rings (SSSR count). The maximum Gasteiger partial charge on any atom is 0.315 e. The number of benzene rings is 1. The molecule has 1 unspecified atom stereocenters. The number of urea groups is 1. The van der Waals surface area contributed by atoms with Crippen LogP contribution in [0.4, 0.5) is 9.18 Å². The van der Waals surface area contributed by atoms with E-state index in [-0.39, 0.29) is 17.9 Å². The van der Waals surface area contributed by atoms with E-state index in [1.165, 1.54) is 6.07 Å². The van der Waals surface area contributed by atoms with Gasteiger partial charge < -0.3 is 15.2 Å². The molecule has 0 saturated carbocycles. The lowest BCUT2D eigenvalue weighted by molar-refractivity contribution is 0.234. The Kier molecular flexibility index (Phi) is 5.36. The van der Waals surface area contributed by atoms with Crippen molar-refractivity contribution in [3.05, 3.63) is 54.4 Å². The number of aromatic nitrogens is 2. The fraction of sp³-hybridized carbons (Fsp3) is 0.412. The molecule has 124 valence electrons. The van der Waals surface area contributed by atoms with Gasteiger partial charge in [0.25, 0.3) is 0 Å². The molecule has 6 heteroatoms. The fourth-order valence-corrected chi connectivity index (χ4v) is 2.44. The molecule has 0 aliphatic rings. The van der Waals surface area contributed by atoms with Gasteiger partial charge in [0.1, 0.15) is 5.82 Å². The van der Waals surface area contributed by atoms with E-state index in [1.807, 2.05) is 31.5 Å². The predicted molar refractivity (Wildman–Crippen MR) is 87.6 cm³/mol. The van der Waals surface area contributed by atoms with Crippen LogP contribution in [0.1, 0.15) is 26.3 Å². The summed E-state index contributed by atoms with van der Waals surface area (Å²) in [4.78, 5) is 16.0. The molecule has 23 heavy (non-hydrogen) atoms. The lowest BCUT2D eigenvalue weighted by Gasteiger charge is -2.26. The van der Waals surface area contributed by atoms with Crippen LogP contribution in [-0.2, 0) is 12.0 Å². The summed E-state index contributed by atoms with van der Waals surface area (Å²) >= 11 is 0. The highest BCUT2D eigenvalue weighted by Gasteiger charge is 2.24. The van der Waals surface area contributed by atoms with Crippen molar-refractivity contribution in [1.29, 1.82) is 0 Å². The third kappa shape index (κ3) is 4.81. The van der Waals surface area contributed by atoms with Gasteiger partial charge in [-0.25, -0.2) is 14.2 Å². The first-order chi connectivity index (χ1) is 10.9. The second-order valence-corrected chi connectivity index (χ2v) is 6.35. The molecule has 1 aromatic heterocycles. The predicted octanol–water partition coefficient (Wildman–Crippen LogP) is 2.69. The number of hydrogen-bond acceptors (Lipinski definition) is 2. The van der Waals surface area contributed by atoms with Crippen molar-refractivity contribution in [3.8, 4) is 0 Å². The van der Waals surface area contributed by atoms with Crippen LogP contribution >= 0.6 is 0 Å². The molecule has 0 saturated heterocycles. The van der Waals surface area contributed by atoms with Gasteiger partial charge in [0, 0.05) is 36.9 Å². The molecule has 1 aromatic carbocycles. The number of carbonyl (C=O) groups excluding carboxylic acids is 1. The van der Waals surface area contributed by atoms with E-state index < -0.39 is 5.41 Å². The number of hydrogen-bond donors (Lipinski definition) is 2. The molecule has 5 nitrogen and oxygen atoms in total. The summed E-state index contributed by atoms with van der Waals surface area (Å²) in [6, 6.07) is 6.34. The zero-order valence-electron chi connectivity index (χ0n) is 13.7. The number of halogens is 1. The minimum absolute atomic E-state index is 0.0410. The average molecular weight is 318 g/mol. The molecule has 1 atom stereocenters. The van der Waals surface area contributed by atoms with Gasteiger partial charge in [-0.1, -0.05) is 32.0 Å². The highest BCUT2D eigenvalue weighted by Crippen LogP contribution is 2.24. The summed E-state index contributed by atoms with van der Waals surface area (Å²) in [5.74, 6) is -0.256. The third-order valence-electron chi connectivity index (χ3n) is 3.72. The van der Waals surface area contributed by atoms with Gasteiger partial charge in [-0.2, -0.15) is 0 Å². The Bertz CT molecular complexity index is 640. The number of carbonyl (C=O) groups is 1. The van der Waals surface area contributed by atoms with E-state index in [9.17, 15) is 9.18 Å². The molecule has 0 fully saturated rings. The minimum atomic E-state index is -0.490. The Labute approximate surface area is 135 Å². The zero-order valence-corrected chi connectivity index (χ0v) is 13.7. The van der Waals surface area contributed by atoms with Gasteiger partial charge >= 0.3 is 6.03 Å². The maximum absolute atomic E-state index is 13.9. The fourth-order valence-electron chi connectivity index (χ4n) is 2.44. The van der Waals surface area contributed by atoms with Crippen LogP contribution in [0, 0.1) is 5.82 Å². The molecule has 0 bridgehead atoms. The zero-order chi connectivity index (χ0) is 16.9. The molecule has 2 N–H and O–H groups in total. The molecular weight excluding hydrogens is 295 g/mol. The summed E-state index contributed by atoms with van der Waals surface area (Å²) in [5.41, 5.74) is 0.0998. The molecule has 2 aromatic rings. The first-order valence-electron chi connectivity index (χ1n) is 7.63. The van der Waals surface area contributed by atoms with Crippen LogP contribution in [0.25, 0.3) is 0 Å². The lowest BCUT2D eigenvalue weighted by Crippen LogP contribution is -2.46. The van der Waals surface area contributed by atoms with E-state index in [0.717, 1.165) is 0 Å². The van der Waals surface area contributed by atoms with Crippen molar-refractivity contribution >= 4 is 6.03 Å². The van der Waals surface area contributed by atoms with E-state index in [0.29, 0.717) is 18.7 Å². The summed E-state index contributed by atoms with van der Waals surface area (Å²) in [6.45, 7) is 6.71. The first-order valence-corrected chi connectivity index (χ1v) is 7.63. The Hall–Kier alpha value is -2.37. The van der Waals surface area contributed by atoms with E-state index in [1.54, 1.807) is 30.7 Å². The van der Waals surface area contributed by atoms with Gasteiger partial charge in [-0.15, -0.1) is 0 Å². The van der Waals surface area contributed by atoms with Gasteiger partial charge in [0.2, 0.25) is 0 Å². The van der Waals surface area contributed by atoms with Gasteiger partial charge in [0.05, 0.1) is 6.33 Å². The summed E-state index contributed by atoms with van der Waals surface area (Å²) < 4.78 is 15.8. The normalized spacial score (nSPS) is 12.7. The summed E-state index contributed by atoms with van der Waals surface area (Å²) in [5, 5.41) is 5.68. The smallest absolute Gasteiger partial charge is 0.315 e. The van der Waals surface area contributed by atoms with Crippen LogP contribution in [-0.4, -0.2) is 28.2 Å². The molecule has 0 radical (unpaired) electrons. The number of amides is 2. The lowest BCUT2D eigenvalue weighted by atomic mass is 9.84. The van der Waals surface area contributed by atoms with E-state index in [2.05, 4.69) is 15.6 Å². The van der Waals surface area contributed by atoms with Gasteiger partial charge in [-0.3, -0.25) is 0 Å². The monoisotopic (exact) mass is 318 g/mol. The van der Waals surface area contributed by atoms with Gasteiger partial charge in [0.15, 0.2) is 0 Å². The van der Waals surface area contributed by atoms with Crippen LogP contribution < -0.4 is 10.6 Å². The third-order valence-corrected chi connectivity index (χ3v) is 3.72. The Morgan fingerprint density at radius 3 is 2.78 bits per heavy atom. The van der Waals surface area contributed by atoms with Crippen LogP contribution in [0.5, 0.6) is 0 Å². The van der Waals surface area contributed by atoms with Crippen LogP contribution in [0.3, 0.4) is 0 Å². The SMILES string of the molecule is CC(Cn1ccnc1)NC(=O)NCC(C)(C)c1ccccc1F. The number of imidazole rings is 1. The number of nitrogens with zero attached hydrogens (tertiary/aromatic N) is 2. The van der Waals surface area contributed by atoms with Crippen molar-refractivity contribution in [2.45, 2.75) is 38.8 Å². The molecule has 0 aliphatic heterocycles. The highest BCUT2D eigenvalue weighted by molar-refractivity contribution is 5.74. The van der Waals surface area contributed by atoms with Crippen molar-refractivity contribution in [2.24, 2.45) is 0 Å². The number of rotatable bonds is 6. The Balaban J connectivity index is 1.85. The van der Waals surface area contributed by atoms with Crippen LogP contribution in [0.15, 0.2) is 43.0 Å². The molecule has 2 amide bonds. The van der Waals surface area contributed by atoms with Crippen molar-refractivity contribution in [2.75, 3.05) is 6.54 Å². The van der Waals surface area contributed by atoms with Crippen molar-refractivity contribution in [3.63, 3.8) is 0 Å². The largest absolute Gasteiger partial charge is 0.337 e. The molecular formula is C17H23FN4O. The topological polar surface area (TPSA) is 59.0 Å². The Morgan fingerprint density at radius 1 is 1.39 bits per heavy atom. The Morgan fingerprint density at radius 2 is 2.13 bits per heavy atom. The highest BCUT2D eigenvalue weighted by atomic mass is 19.1. The first kappa shape index (κ1) is 17.0. The van der Waals surface area contributed by atoms with E-state index in [4.69, 9.17) is 0 Å². The average Bonchev–Trinajstić information content (AvgIpc) is 2.98. The maximum atomic E-state index is 13.9. The van der Waals surface area contributed by atoms with Crippen LogP contribution in [0.2, 0.25) is 0 Å². The van der Waals surface area contributed by atoms with E-state index >= 15 is 0 Å². The summed E-state index contributed by atoms with van der Waals surface area (Å²) in [7, 11) is 0. The molecule has 1 heterocycles. The summed E-state index contributed by atoms with van der Waals surface area (Å²) in [6.07, 6.45) is 5.25. The molecule has 0 aliphatic carbocycles. The number of nitrogens with one attached hydrogen (secondary N) is 2. The van der Waals surface area contributed by atoms with Gasteiger partial charge in [-0.05, 0) is 18.6 Å². The quantitative estimate of drug-likeness (QED) is 0.860. The second-order valence-electron chi connectivity index (χ2n) is 6.35.